The van der Waals surface area contributed by atoms with Crippen molar-refractivity contribution in [2.75, 3.05) is 0 Å². The van der Waals surface area contributed by atoms with E-state index in [2.05, 4.69) is 18.8 Å². The monoisotopic (exact) mass is 137 g/mol. The van der Waals surface area contributed by atoms with E-state index in [9.17, 15) is 0 Å². The average molecular weight is 137 g/mol. The molecule has 2 bridgehead atoms. The Kier molecular flexibility index (Phi) is 1.34. The molecule has 0 aromatic carbocycles. The van der Waals surface area contributed by atoms with Gasteiger partial charge in [0.2, 0.25) is 0 Å². The van der Waals surface area contributed by atoms with Crippen molar-refractivity contribution < 1.29 is 0 Å². The lowest BCUT2D eigenvalue weighted by atomic mass is 9.73. The van der Waals surface area contributed by atoms with E-state index in [-0.39, 0.29) is 0 Å². The van der Waals surface area contributed by atoms with E-state index >= 15 is 0 Å². The minimum atomic E-state index is 0.824. The second kappa shape index (κ2) is 2.09. The molecular weight excluding hydrogens is 122 g/mol. The molecule has 0 spiro atoms. The molecular formula is C9H15N. The maximum absolute atomic E-state index is 4.01. The number of hydrogen-bond acceptors (Lipinski definition) is 1. The molecule has 2 aliphatic heterocycles. The normalized spacial score (nSPS) is 44.3. The van der Waals surface area contributed by atoms with E-state index in [1.807, 2.05) is 0 Å². The number of piperidine rings is 1. The molecule has 1 nitrogen and oxygen atoms in total. The molecule has 1 N–H and O–H groups in total. The minimum Gasteiger partial charge on any atom is -0.311 e. The first-order valence-corrected chi connectivity index (χ1v) is 4.17. The van der Waals surface area contributed by atoms with Crippen LogP contribution in [0, 0.1) is 5.92 Å². The van der Waals surface area contributed by atoms with E-state index in [0.717, 1.165) is 18.0 Å². The molecule has 1 heteroatoms. The molecule has 0 amide bonds. The second-order valence-electron chi connectivity index (χ2n) is 3.81. The zero-order valence-corrected chi connectivity index (χ0v) is 6.56. The van der Waals surface area contributed by atoms with Crippen LogP contribution in [0.2, 0.25) is 0 Å². The summed E-state index contributed by atoms with van der Waals surface area (Å²) in [5, 5.41) is 3.52. The molecule has 56 valence electrons. The Morgan fingerprint density at radius 1 is 1.30 bits per heavy atom. The Hall–Kier alpha value is -0.300. The molecule has 3 aliphatic rings. The van der Waals surface area contributed by atoms with Crippen molar-refractivity contribution >= 4 is 0 Å². The van der Waals surface area contributed by atoms with Crippen molar-refractivity contribution in [1.29, 1.82) is 0 Å². The van der Waals surface area contributed by atoms with Crippen LogP contribution in [-0.2, 0) is 0 Å². The first-order valence-electron chi connectivity index (χ1n) is 4.17. The van der Waals surface area contributed by atoms with Crippen LogP contribution in [0.15, 0.2) is 12.2 Å². The molecule has 2 atom stereocenters. The third-order valence-corrected chi connectivity index (χ3v) is 2.88. The third-order valence-electron chi connectivity index (χ3n) is 2.88. The zero-order chi connectivity index (χ0) is 7.14. The largest absolute Gasteiger partial charge is 0.311 e. The van der Waals surface area contributed by atoms with Crippen LogP contribution in [0.4, 0.5) is 0 Å². The van der Waals surface area contributed by atoms with E-state index in [1.54, 1.807) is 0 Å². The van der Waals surface area contributed by atoms with Crippen molar-refractivity contribution in [3.63, 3.8) is 0 Å². The summed E-state index contributed by atoms with van der Waals surface area (Å²) in [6, 6.07) is 1.67. The number of allylic oxidation sites excluding steroid dienone is 1. The minimum absolute atomic E-state index is 0.824. The molecule has 3 fully saturated rings. The number of fused-ring (bicyclic) bond motifs is 2. The van der Waals surface area contributed by atoms with Gasteiger partial charge in [0.1, 0.15) is 0 Å². The lowest BCUT2D eigenvalue weighted by Gasteiger charge is -2.46. The molecule has 2 saturated heterocycles. The van der Waals surface area contributed by atoms with Gasteiger partial charge in [0.15, 0.2) is 0 Å². The smallest absolute Gasteiger partial charge is 0.00901 e. The van der Waals surface area contributed by atoms with Crippen molar-refractivity contribution in [1.82, 2.24) is 5.32 Å². The Balaban J connectivity index is 1.97. The molecule has 2 heterocycles. The van der Waals surface area contributed by atoms with E-state index in [1.165, 1.54) is 24.8 Å². The van der Waals surface area contributed by atoms with Gasteiger partial charge in [0.25, 0.3) is 0 Å². The maximum Gasteiger partial charge on any atom is 0.00901 e. The Morgan fingerprint density at radius 3 is 2.10 bits per heavy atom. The van der Waals surface area contributed by atoms with Crippen LogP contribution in [0.5, 0.6) is 0 Å². The molecule has 2 unspecified atom stereocenters. The van der Waals surface area contributed by atoms with Gasteiger partial charge in [-0.25, -0.2) is 0 Å². The highest BCUT2D eigenvalue weighted by molar-refractivity contribution is 5.07. The van der Waals surface area contributed by atoms with Gasteiger partial charge in [0, 0.05) is 12.1 Å². The predicted octanol–water partition coefficient (Wildman–Crippen LogP) is 1.70. The fourth-order valence-electron chi connectivity index (χ4n) is 2.17. The highest BCUT2D eigenvalue weighted by Crippen LogP contribution is 2.35. The Bertz CT molecular complexity index is 146. The zero-order valence-electron chi connectivity index (χ0n) is 6.56. The average Bonchev–Trinajstić information content (AvgIpc) is 1.86. The third kappa shape index (κ3) is 0.891. The lowest BCUT2D eigenvalue weighted by Crippen LogP contribution is -2.57. The fourth-order valence-corrected chi connectivity index (χ4v) is 2.17. The predicted molar refractivity (Wildman–Crippen MR) is 42.9 cm³/mol. The Labute approximate surface area is 62.5 Å². The van der Waals surface area contributed by atoms with Crippen LogP contribution in [0.25, 0.3) is 0 Å². The van der Waals surface area contributed by atoms with E-state index < -0.39 is 0 Å². The summed E-state index contributed by atoms with van der Waals surface area (Å²) in [4.78, 5) is 0. The van der Waals surface area contributed by atoms with Gasteiger partial charge in [-0.3, -0.25) is 0 Å². The highest BCUT2D eigenvalue weighted by atomic mass is 15.0. The molecule has 3 rings (SSSR count). The van der Waals surface area contributed by atoms with E-state index in [4.69, 9.17) is 0 Å². The van der Waals surface area contributed by atoms with Gasteiger partial charge in [-0.15, -0.1) is 0 Å². The van der Waals surface area contributed by atoms with Gasteiger partial charge >= 0.3 is 0 Å². The fraction of sp³-hybridized carbons (Fsp3) is 0.778. The first-order chi connectivity index (χ1) is 4.75. The molecule has 0 aromatic heterocycles. The van der Waals surface area contributed by atoms with Gasteiger partial charge in [0.05, 0.1) is 0 Å². The van der Waals surface area contributed by atoms with Crippen LogP contribution in [-0.4, -0.2) is 12.1 Å². The molecule has 1 saturated carbocycles. The number of hydrogen-bond donors (Lipinski definition) is 1. The lowest BCUT2D eigenvalue weighted by molar-refractivity contribution is 0.145. The van der Waals surface area contributed by atoms with Crippen molar-refractivity contribution in [2.45, 2.75) is 38.3 Å². The number of nitrogens with one attached hydrogen (secondary N) is 1. The summed E-state index contributed by atoms with van der Waals surface area (Å²) in [6.45, 7) is 6.17. The quantitative estimate of drug-likeness (QED) is 0.542. The van der Waals surface area contributed by atoms with E-state index in [0.29, 0.717) is 0 Å². The molecule has 0 aromatic rings. The Morgan fingerprint density at radius 2 is 1.80 bits per heavy atom. The van der Waals surface area contributed by atoms with Gasteiger partial charge in [-0.2, -0.15) is 0 Å². The van der Waals surface area contributed by atoms with Crippen molar-refractivity contribution in [3.8, 4) is 0 Å². The summed E-state index contributed by atoms with van der Waals surface area (Å²) >= 11 is 0. The van der Waals surface area contributed by atoms with Crippen molar-refractivity contribution in [2.24, 2.45) is 5.92 Å². The molecule has 1 aliphatic carbocycles. The summed E-state index contributed by atoms with van der Waals surface area (Å²) in [5.41, 5.74) is 1.39. The molecule has 10 heavy (non-hydrogen) atoms. The van der Waals surface area contributed by atoms with Crippen molar-refractivity contribution in [3.05, 3.63) is 12.2 Å². The summed E-state index contributed by atoms with van der Waals surface area (Å²) in [7, 11) is 0. The van der Waals surface area contributed by atoms with Gasteiger partial charge in [-0.05, 0) is 32.1 Å². The van der Waals surface area contributed by atoms with Crippen LogP contribution in [0.1, 0.15) is 26.2 Å². The first kappa shape index (κ1) is 6.41. The summed E-state index contributed by atoms with van der Waals surface area (Å²) < 4.78 is 0. The van der Waals surface area contributed by atoms with Crippen LogP contribution in [0.3, 0.4) is 0 Å². The molecule has 0 radical (unpaired) electrons. The number of rotatable bonds is 1. The SMILES string of the molecule is C=C(C)C1CC2CC(C1)N2. The summed E-state index contributed by atoms with van der Waals surface area (Å²) in [6.07, 6.45) is 4.10. The van der Waals surface area contributed by atoms with Gasteiger partial charge < -0.3 is 5.32 Å². The topological polar surface area (TPSA) is 12.0 Å². The second-order valence-corrected chi connectivity index (χ2v) is 3.81. The van der Waals surface area contributed by atoms with Gasteiger partial charge in [-0.1, -0.05) is 12.2 Å². The maximum atomic E-state index is 4.01. The standard InChI is InChI=1S/C9H15N/c1-6(2)7-3-8-5-9(4-7)10-8/h7-10H,1,3-5H2,2H3. The van der Waals surface area contributed by atoms with Crippen LogP contribution < -0.4 is 5.32 Å². The van der Waals surface area contributed by atoms with Crippen LogP contribution >= 0.6 is 0 Å². The highest BCUT2D eigenvalue weighted by Gasteiger charge is 2.37. The summed E-state index contributed by atoms with van der Waals surface area (Å²) in [5.74, 6) is 0.824.